The van der Waals surface area contributed by atoms with E-state index in [0.29, 0.717) is 0 Å². The molecule has 0 amide bonds. The van der Waals surface area contributed by atoms with Crippen LogP contribution in [0.1, 0.15) is 18.4 Å². The molecule has 0 bridgehead atoms. The molecule has 0 spiro atoms. The number of benzene rings is 1. The molecule has 0 radical (unpaired) electrons. The minimum atomic E-state index is -0.0440. The molecular formula is C13H20N2O. The average Bonchev–Trinajstić information content (AvgIpc) is 2.29. The molecule has 0 aromatic heterocycles. The van der Waals surface area contributed by atoms with E-state index in [0.717, 1.165) is 38.1 Å². The van der Waals surface area contributed by atoms with Gasteiger partial charge < -0.3 is 15.8 Å². The number of ether oxygens (including phenoxy) is 1. The van der Waals surface area contributed by atoms with Crippen molar-refractivity contribution in [3.8, 4) is 5.75 Å². The van der Waals surface area contributed by atoms with Gasteiger partial charge in [0, 0.05) is 5.54 Å². The van der Waals surface area contributed by atoms with Gasteiger partial charge in [-0.05, 0) is 50.0 Å². The minimum absolute atomic E-state index is 0.0440. The molecule has 3 nitrogen and oxygen atoms in total. The van der Waals surface area contributed by atoms with Crippen LogP contribution in [0.15, 0.2) is 24.3 Å². The molecule has 16 heavy (non-hydrogen) atoms. The first-order valence-electron chi connectivity index (χ1n) is 5.84. The third-order valence-electron chi connectivity index (χ3n) is 3.29. The summed E-state index contributed by atoms with van der Waals surface area (Å²) >= 11 is 0. The van der Waals surface area contributed by atoms with Gasteiger partial charge in [-0.1, -0.05) is 12.1 Å². The summed E-state index contributed by atoms with van der Waals surface area (Å²) in [6.07, 6.45) is 3.03. The van der Waals surface area contributed by atoms with Crippen LogP contribution in [-0.2, 0) is 6.42 Å². The van der Waals surface area contributed by atoms with Gasteiger partial charge in [0.1, 0.15) is 5.75 Å². The van der Waals surface area contributed by atoms with Crippen molar-refractivity contribution in [1.29, 1.82) is 0 Å². The summed E-state index contributed by atoms with van der Waals surface area (Å²) in [5.41, 5.74) is 7.63. The van der Waals surface area contributed by atoms with Crippen molar-refractivity contribution in [3.63, 3.8) is 0 Å². The monoisotopic (exact) mass is 220 g/mol. The maximum atomic E-state index is 6.40. The van der Waals surface area contributed by atoms with E-state index in [4.69, 9.17) is 10.5 Å². The Hall–Kier alpha value is -1.06. The first kappa shape index (κ1) is 11.4. The fraction of sp³-hybridized carbons (Fsp3) is 0.538. The lowest BCUT2D eigenvalue weighted by atomic mass is 9.83. The molecule has 1 aromatic rings. The Morgan fingerprint density at radius 1 is 1.38 bits per heavy atom. The highest BCUT2D eigenvalue weighted by Crippen LogP contribution is 2.22. The van der Waals surface area contributed by atoms with E-state index in [1.807, 2.05) is 12.1 Å². The van der Waals surface area contributed by atoms with Crippen LogP contribution in [0.25, 0.3) is 0 Å². The van der Waals surface area contributed by atoms with E-state index < -0.39 is 0 Å². The lowest BCUT2D eigenvalue weighted by Crippen LogP contribution is -2.50. The van der Waals surface area contributed by atoms with Crippen LogP contribution in [0.5, 0.6) is 5.75 Å². The lowest BCUT2D eigenvalue weighted by molar-refractivity contribution is 0.308. The van der Waals surface area contributed by atoms with Gasteiger partial charge in [0.15, 0.2) is 0 Å². The summed E-state index contributed by atoms with van der Waals surface area (Å²) in [5.74, 6) is 0.912. The predicted molar refractivity (Wildman–Crippen MR) is 65.7 cm³/mol. The largest absolute Gasteiger partial charge is 0.497 e. The first-order valence-corrected chi connectivity index (χ1v) is 5.84. The number of methoxy groups -OCH3 is 1. The second-order valence-corrected chi connectivity index (χ2v) is 4.64. The molecule has 3 heteroatoms. The van der Waals surface area contributed by atoms with Gasteiger partial charge in [-0.25, -0.2) is 0 Å². The van der Waals surface area contributed by atoms with Gasteiger partial charge in [0.05, 0.1) is 7.11 Å². The predicted octanol–water partition coefficient (Wildman–Crippen LogP) is 1.32. The molecule has 1 heterocycles. The number of hydrogen-bond acceptors (Lipinski definition) is 3. The normalized spacial score (nSPS) is 19.4. The summed E-state index contributed by atoms with van der Waals surface area (Å²) < 4.78 is 5.22. The van der Waals surface area contributed by atoms with Crippen LogP contribution in [0.2, 0.25) is 0 Å². The Labute approximate surface area is 97.0 Å². The highest BCUT2D eigenvalue weighted by molar-refractivity contribution is 5.29. The van der Waals surface area contributed by atoms with Gasteiger partial charge >= 0.3 is 0 Å². The molecule has 1 aliphatic rings. The molecule has 1 aromatic carbocycles. The van der Waals surface area contributed by atoms with E-state index in [1.165, 1.54) is 5.56 Å². The Balaban J connectivity index is 2.07. The second kappa shape index (κ2) is 4.85. The van der Waals surface area contributed by atoms with Gasteiger partial charge in [0.25, 0.3) is 0 Å². The van der Waals surface area contributed by atoms with Crippen molar-refractivity contribution in [3.05, 3.63) is 29.8 Å². The van der Waals surface area contributed by atoms with Crippen LogP contribution in [0, 0.1) is 0 Å². The van der Waals surface area contributed by atoms with Crippen molar-refractivity contribution in [2.24, 2.45) is 5.73 Å². The molecule has 0 unspecified atom stereocenters. The minimum Gasteiger partial charge on any atom is -0.497 e. The number of piperidine rings is 1. The molecule has 1 aliphatic heterocycles. The quantitative estimate of drug-likeness (QED) is 0.807. The maximum Gasteiger partial charge on any atom is 0.119 e. The van der Waals surface area contributed by atoms with E-state index in [-0.39, 0.29) is 5.54 Å². The highest BCUT2D eigenvalue weighted by atomic mass is 16.5. The Bertz CT molecular complexity index is 346. The molecule has 1 fully saturated rings. The van der Waals surface area contributed by atoms with Gasteiger partial charge in [-0.3, -0.25) is 0 Å². The number of nitrogens with two attached hydrogens (primary N) is 1. The molecule has 0 atom stereocenters. The van der Waals surface area contributed by atoms with E-state index in [2.05, 4.69) is 17.4 Å². The zero-order valence-corrected chi connectivity index (χ0v) is 9.83. The van der Waals surface area contributed by atoms with Gasteiger partial charge in [-0.2, -0.15) is 0 Å². The number of hydrogen-bond donors (Lipinski definition) is 2. The second-order valence-electron chi connectivity index (χ2n) is 4.64. The Morgan fingerprint density at radius 2 is 2.12 bits per heavy atom. The van der Waals surface area contributed by atoms with Crippen LogP contribution in [-0.4, -0.2) is 25.7 Å². The number of nitrogens with one attached hydrogen (secondary N) is 1. The van der Waals surface area contributed by atoms with Crippen molar-refractivity contribution in [1.82, 2.24) is 5.32 Å². The van der Waals surface area contributed by atoms with Crippen molar-refractivity contribution in [2.75, 3.05) is 20.2 Å². The van der Waals surface area contributed by atoms with Crippen LogP contribution >= 0.6 is 0 Å². The van der Waals surface area contributed by atoms with Crippen LogP contribution in [0.3, 0.4) is 0 Å². The fourth-order valence-corrected chi connectivity index (χ4v) is 2.29. The topological polar surface area (TPSA) is 47.3 Å². The van der Waals surface area contributed by atoms with Gasteiger partial charge in [0.2, 0.25) is 0 Å². The third kappa shape index (κ3) is 2.74. The maximum absolute atomic E-state index is 6.40. The summed E-state index contributed by atoms with van der Waals surface area (Å²) in [4.78, 5) is 0. The first-order chi connectivity index (χ1) is 7.72. The zero-order chi connectivity index (χ0) is 11.4. The fourth-order valence-electron chi connectivity index (χ4n) is 2.29. The number of rotatable bonds is 3. The Kier molecular flexibility index (Phi) is 3.46. The zero-order valence-electron chi connectivity index (χ0n) is 9.83. The smallest absolute Gasteiger partial charge is 0.119 e. The van der Waals surface area contributed by atoms with Crippen LogP contribution in [0.4, 0.5) is 0 Å². The molecule has 3 N–H and O–H groups in total. The van der Waals surface area contributed by atoms with Crippen LogP contribution < -0.4 is 15.8 Å². The molecular weight excluding hydrogens is 200 g/mol. The molecule has 1 saturated heterocycles. The third-order valence-corrected chi connectivity index (χ3v) is 3.29. The SMILES string of the molecule is COc1cccc(CC2(N)CCNCC2)c1. The van der Waals surface area contributed by atoms with Crippen molar-refractivity contribution >= 4 is 0 Å². The average molecular weight is 220 g/mol. The molecule has 88 valence electrons. The van der Waals surface area contributed by atoms with E-state index in [9.17, 15) is 0 Å². The van der Waals surface area contributed by atoms with E-state index >= 15 is 0 Å². The summed E-state index contributed by atoms with van der Waals surface area (Å²) in [5, 5.41) is 3.34. The van der Waals surface area contributed by atoms with Crippen molar-refractivity contribution < 1.29 is 4.74 Å². The van der Waals surface area contributed by atoms with Crippen molar-refractivity contribution in [2.45, 2.75) is 24.8 Å². The molecule has 2 rings (SSSR count). The summed E-state index contributed by atoms with van der Waals surface area (Å²) in [6, 6.07) is 8.20. The molecule has 0 saturated carbocycles. The summed E-state index contributed by atoms with van der Waals surface area (Å²) in [7, 11) is 1.70. The standard InChI is InChI=1S/C13H20N2O/c1-16-12-4-2-3-11(9-12)10-13(14)5-7-15-8-6-13/h2-4,9,15H,5-8,10,14H2,1H3. The lowest BCUT2D eigenvalue weighted by Gasteiger charge is -2.34. The van der Waals surface area contributed by atoms with Gasteiger partial charge in [-0.15, -0.1) is 0 Å². The summed E-state index contributed by atoms with van der Waals surface area (Å²) in [6.45, 7) is 2.06. The molecule has 0 aliphatic carbocycles. The Morgan fingerprint density at radius 3 is 2.81 bits per heavy atom. The van der Waals surface area contributed by atoms with E-state index in [1.54, 1.807) is 7.11 Å². The highest BCUT2D eigenvalue weighted by Gasteiger charge is 2.27.